The quantitative estimate of drug-likeness (QED) is 0.618. The molecule has 69 valence electrons. The lowest BCUT2D eigenvalue weighted by Gasteiger charge is -2.02. The summed E-state index contributed by atoms with van der Waals surface area (Å²) in [6, 6.07) is 14.8. The Bertz CT molecular complexity index is 421. The van der Waals surface area contributed by atoms with Gasteiger partial charge in [-0.05, 0) is 30.2 Å². The van der Waals surface area contributed by atoms with Gasteiger partial charge in [0.15, 0.2) is 0 Å². The van der Waals surface area contributed by atoms with E-state index < -0.39 is 0 Å². The molecule has 3 radical (unpaired) electrons. The van der Waals surface area contributed by atoms with Gasteiger partial charge in [-0.3, -0.25) is 0 Å². The van der Waals surface area contributed by atoms with Crippen molar-refractivity contribution in [1.29, 1.82) is 0 Å². The number of allylic oxidation sites excluding steroid dienone is 1. The normalized spacial score (nSPS) is 9.43. The van der Waals surface area contributed by atoms with Crippen molar-refractivity contribution >= 4 is 10.8 Å². The van der Waals surface area contributed by atoms with Crippen LogP contribution in [-0.2, 0) is 6.42 Å². The predicted molar refractivity (Wildman–Crippen MR) is 62.1 cm³/mol. The Balaban J connectivity index is 0.000000980. The van der Waals surface area contributed by atoms with Crippen molar-refractivity contribution in [2.24, 2.45) is 0 Å². The van der Waals surface area contributed by atoms with E-state index in [1.807, 2.05) is 6.08 Å². The van der Waals surface area contributed by atoms with Crippen LogP contribution >= 0.6 is 0 Å². The average molecular weight is 181 g/mol. The van der Waals surface area contributed by atoms with Crippen molar-refractivity contribution in [3.05, 3.63) is 68.1 Å². The molecule has 2 rings (SSSR count). The van der Waals surface area contributed by atoms with Crippen LogP contribution in [0.15, 0.2) is 55.1 Å². The first-order valence-electron chi connectivity index (χ1n) is 4.49. The predicted octanol–water partition coefficient (Wildman–Crippen LogP) is 3.77. The third-order valence-electron chi connectivity index (χ3n) is 2.24. The maximum atomic E-state index is 3.76. The highest BCUT2D eigenvalue weighted by molar-refractivity contribution is 5.85. The van der Waals surface area contributed by atoms with Crippen molar-refractivity contribution in [2.75, 3.05) is 0 Å². The lowest BCUT2D eigenvalue weighted by molar-refractivity contribution is 1.31. The van der Waals surface area contributed by atoms with Gasteiger partial charge in [0.1, 0.15) is 0 Å². The molecule has 0 saturated heterocycles. The molecule has 0 amide bonds. The summed E-state index contributed by atoms with van der Waals surface area (Å²) in [6.07, 6.45) is 2.89. The number of rotatable bonds is 2. The van der Waals surface area contributed by atoms with Crippen molar-refractivity contribution in [1.82, 2.24) is 0 Å². The Hall–Kier alpha value is -1.56. The first-order chi connectivity index (χ1) is 6.42. The standard InChI is InChI=1S/C13H12.CH/c1-2-6-11-8-5-9-12-7-3-4-10-13(11)12;/h2-5,7-10H,1,6H2;1H. The maximum Gasteiger partial charge on any atom is -0.00940 e. The summed E-state index contributed by atoms with van der Waals surface area (Å²) in [5.41, 5.74) is 1.35. The van der Waals surface area contributed by atoms with Crippen LogP contribution < -0.4 is 0 Å². The molecule has 0 heteroatoms. The molecular weight excluding hydrogens is 168 g/mol. The fourth-order valence-corrected chi connectivity index (χ4v) is 1.63. The first-order valence-corrected chi connectivity index (χ1v) is 4.49. The van der Waals surface area contributed by atoms with Gasteiger partial charge < -0.3 is 0 Å². The Labute approximate surface area is 85.9 Å². The average Bonchev–Trinajstić information content (AvgIpc) is 2.19. The Morgan fingerprint density at radius 2 is 1.71 bits per heavy atom. The highest BCUT2D eigenvalue weighted by Crippen LogP contribution is 2.18. The summed E-state index contributed by atoms with van der Waals surface area (Å²) in [7, 11) is 0. The molecule has 0 heterocycles. The molecule has 0 spiro atoms. The van der Waals surface area contributed by atoms with Crippen molar-refractivity contribution in [2.45, 2.75) is 6.42 Å². The van der Waals surface area contributed by atoms with Gasteiger partial charge in [-0.15, -0.1) is 6.58 Å². The van der Waals surface area contributed by atoms with Crippen LogP contribution in [0.2, 0.25) is 0 Å². The summed E-state index contributed by atoms with van der Waals surface area (Å²) < 4.78 is 0. The molecule has 0 saturated carbocycles. The Morgan fingerprint density at radius 3 is 2.50 bits per heavy atom. The highest BCUT2D eigenvalue weighted by Gasteiger charge is 1.96. The van der Waals surface area contributed by atoms with Crippen LogP contribution in [0.3, 0.4) is 0 Å². The van der Waals surface area contributed by atoms with Gasteiger partial charge in [0, 0.05) is 0 Å². The summed E-state index contributed by atoms with van der Waals surface area (Å²) in [6.45, 7) is 3.76. The minimum Gasteiger partial charge on any atom is -0.103 e. The molecule has 2 aromatic carbocycles. The summed E-state index contributed by atoms with van der Waals surface area (Å²) >= 11 is 0. The van der Waals surface area contributed by atoms with Crippen LogP contribution in [0.1, 0.15) is 5.56 Å². The van der Waals surface area contributed by atoms with Crippen molar-refractivity contribution in [3.8, 4) is 0 Å². The second-order valence-corrected chi connectivity index (χ2v) is 3.13. The van der Waals surface area contributed by atoms with E-state index in [9.17, 15) is 0 Å². The lowest BCUT2D eigenvalue weighted by Crippen LogP contribution is -1.82. The molecular formula is C14H13. The van der Waals surface area contributed by atoms with Crippen LogP contribution in [-0.4, -0.2) is 0 Å². The number of fused-ring (bicyclic) bond motifs is 1. The van der Waals surface area contributed by atoms with Crippen LogP contribution in [0.4, 0.5) is 0 Å². The second-order valence-electron chi connectivity index (χ2n) is 3.13. The molecule has 14 heavy (non-hydrogen) atoms. The van der Waals surface area contributed by atoms with Crippen molar-refractivity contribution < 1.29 is 0 Å². The minimum absolute atomic E-state index is 0. The molecule has 0 aromatic heterocycles. The zero-order chi connectivity index (χ0) is 9.10. The third-order valence-corrected chi connectivity index (χ3v) is 2.24. The molecule has 0 N–H and O–H groups in total. The van der Waals surface area contributed by atoms with Gasteiger partial charge in [0.2, 0.25) is 0 Å². The van der Waals surface area contributed by atoms with Gasteiger partial charge in [-0.2, -0.15) is 0 Å². The summed E-state index contributed by atoms with van der Waals surface area (Å²) in [5, 5.41) is 2.65. The van der Waals surface area contributed by atoms with Gasteiger partial charge in [-0.1, -0.05) is 48.5 Å². The molecule has 2 aromatic rings. The second kappa shape index (κ2) is 4.61. The topological polar surface area (TPSA) is 0 Å². The van der Waals surface area contributed by atoms with E-state index in [4.69, 9.17) is 0 Å². The summed E-state index contributed by atoms with van der Waals surface area (Å²) in [5.74, 6) is 0. The molecule has 0 unspecified atom stereocenters. The van der Waals surface area contributed by atoms with E-state index in [-0.39, 0.29) is 7.43 Å². The van der Waals surface area contributed by atoms with Crippen LogP contribution in [0, 0.1) is 7.43 Å². The molecule has 0 bridgehead atoms. The summed E-state index contributed by atoms with van der Waals surface area (Å²) in [4.78, 5) is 0. The zero-order valence-electron chi connectivity index (χ0n) is 8.11. The van der Waals surface area contributed by atoms with E-state index >= 15 is 0 Å². The zero-order valence-corrected chi connectivity index (χ0v) is 8.11. The SMILES string of the molecule is C=CCc1cccc2ccccc12.[CH]. The molecule has 0 fully saturated rings. The molecule has 0 nitrogen and oxygen atoms in total. The molecule has 0 aliphatic rings. The van der Waals surface area contributed by atoms with E-state index in [1.165, 1.54) is 16.3 Å². The molecule has 0 aliphatic carbocycles. The minimum atomic E-state index is 0. The van der Waals surface area contributed by atoms with Crippen LogP contribution in [0.5, 0.6) is 0 Å². The van der Waals surface area contributed by atoms with E-state index in [0.29, 0.717) is 0 Å². The molecule has 0 atom stereocenters. The van der Waals surface area contributed by atoms with Gasteiger partial charge in [0.05, 0.1) is 0 Å². The number of hydrogen-bond acceptors (Lipinski definition) is 0. The van der Waals surface area contributed by atoms with Crippen molar-refractivity contribution in [3.63, 3.8) is 0 Å². The smallest absolute Gasteiger partial charge is 0.00940 e. The highest BCUT2D eigenvalue weighted by atomic mass is 14.0. The fourth-order valence-electron chi connectivity index (χ4n) is 1.63. The number of hydrogen-bond donors (Lipinski definition) is 0. The first kappa shape index (κ1) is 10.5. The monoisotopic (exact) mass is 181 g/mol. The van der Waals surface area contributed by atoms with Gasteiger partial charge in [0.25, 0.3) is 0 Å². The fraction of sp³-hybridized carbons (Fsp3) is 0.0714. The Morgan fingerprint density at radius 1 is 1.00 bits per heavy atom. The van der Waals surface area contributed by atoms with Gasteiger partial charge in [-0.25, -0.2) is 0 Å². The van der Waals surface area contributed by atoms with Gasteiger partial charge >= 0.3 is 0 Å². The third kappa shape index (κ3) is 1.85. The van der Waals surface area contributed by atoms with E-state index in [2.05, 4.69) is 49.0 Å². The number of benzene rings is 2. The lowest BCUT2D eigenvalue weighted by atomic mass is 10.0. The van der Waals surface area contributed by atoms with Crippen LogP contribution in [0.25, 0.3) is 10.8 Å². The van der Waals surface area contributed by atoms with E-state index in [0.717, 1.165) is 6.42 Å². The molecule has 0 aliphatic heterocycles. The van der Waals surface area contributed by atoms with E-state index in [1.54, 1.807) is 0 Å². The largest absolute Gasteiger partial charge is 0.103 e. The Kier molecular flexibility index (Phi) is 3.47. The maximum absolute atomic E-state index is 3.76.